The van der Waals surface area contributed by atoms with Crippen LogP contribution in [-0.4, -0.2) is 22.8 Å². The zero-order chi connectivity index (χ0) is 18.5. The van der Waals surface area contributed by atoms with Gasteiger partial charge >= 0.3 is 0 Å². The molecule has 132 valence electrons. The first-order chi connectivity index (χ1) is 12.6. The van der Waals surface area contributed by atoms with Gasteiger partial charge in [-0.2, -0.15) is 5.10 Å². The Morgan fingerprint density at radius 2 is 1.81 bits per heavy atom. The van der Waals surface area contributed by atoms with Crippen molar-refractivity contribution in [2.45, 2.75) is 6.42 Å². The fourth-order valence-corrected chi connectivity index (χ4v) is 2.68. The number of aryl methyl sites for hydroxylation is 1. The number of amides is 1. The first-order valence-electron chi connectivity index (χ1n) is 8.14. The average molecular weight is 349 g/mol. The van der Waals surface area contributed by atoms with Crippen LogP contribution in [0.4, 0.5) is 5.69 Å². The van der Waals surface area contributed by atoms with E-state index in [0.717, 1.165) is 11.1 Å². The summed E-state index contributed by atoms with van der Waals surface area (Å²) in [4.78, 5) is 24.1. The van der Waals surface area contributed by atoms with Gasteiger partial charge in [0.1, 0.15) is 5.75 Å². The lowest BCUT2D eigenvalue weighted by Gasteiger charge is -2.12. The summed E-state index contributed by atoms with van der Waals surface area (Å²) in [5, 5.41) is 7.18. The van der Waals surface area contributed by atoms with Crippen LogP contribution in [0, 0.1) is 0 Å². The molecule has 0 aliphatic rings. The summed E-state index contributed by atoms with van der Waals surface area (Å²) in [5.41, 5.74) is 2.62. The minimum Gasteiger partial charge on any atom is -0.496 e. The summed E-state index contributed by atoms with van der Waals surface area (Å²) in [7, 11) is 3.17. The third kappa shape index (κ3) is 3.80. The van der Waals surface area contributed by atoms with E-state index in [1.54, 1.807) is 20.2 Å². The van der Waals surface area contributed by atoms with E-state index in [4.69, 9.17) is 4.74 Å². The Labute approximate surface area is 151 Å². The third-order valence-electron chi connectivity index (χ3n) is 3.98. The highest BCUT2D eigenvalue weighted by atomic mass is 16.5. The van der Waals surface area contributed by atoms with E-state index in [9.17, 15) is 9.59 Å². The standard InChI is InChI=1S/C20H19N3O3/c1-23-20(25)12-11-17(22-23)15-8-4-5-9-16(15)21-19(24)13-14-7-3-6-10-18(14)26-2/h3-12H,13H2,1-2H3,(H,21,24). The van der Waals surface area contributed by atoms with Gasteiger partial charge in [0.05, 0.1) is 24.9 Å². The Balaban J connectivity index is 1.85. The lowest BCUT2D eigenvalue weighted by Crippen LogP contribution is -2.19. The second-order valence-corrected chi connectivity index (χ2v) is 5.76. The van der Waals surface area contributed by atoms with E-state index in [0.29, 0.717) is 17.1 Å². The first kappa shape index (κ1) is 17.4. The summed E-state index contributed by atoms with van der Waals surface area (Å²) in [5.74, 6) is 0.516. The highest BCUT2D eigenvalue weighted by Gasteiger charge is 2.12. The molecule has 3 aromatic rings. The van der Waals surface area contributed by atoms with Crippen molar-refractivity contribution in [1.29, 1.82) is 0 Å². The smallest absolute Gasteiger partial charge is 0.266 e. The highest BCUT2D eigenvalue weighted by molar-refractivity contribution is 5.96. The van der Waals surface area contributed by atoms with E-state index >= 15 is 0 Å². The second kappa shape index (κ2) is 7.65. The monoisotopic (exact) mass is 349 g/mol. The van der Waals surface area contributed by atoms with Crippen molar-refractivity contribution in [3.05, 3.63) is 76.6 Å². The first-order valence-corrected chi connectivity index (χ1v) is 8.14. The molecule has 3 rings (SSSR count). The number of nitrogens with one attached hydrogen (secondary N) is 1. The van der Waals surface area contributed by atoms with Crippen molar-refractivity contribution in [3.63, 3.8) is 0 Å². The maximum absolute atomic E-state index is 12.5. The fourth-order valence-electron chi connectivity index (χ4n) is 2.68. The molecule has 0 saturated heterocycles. The topological polar surface area (TPSA) is 73.2 Å². The molecule has 0 saturated carbocycles. The quantitative estimate of drug-likeness (QED) is 0.768. The van der Waals surface area contributed by atoms with E-state index in [1.165, 1.54) is 10.7 Å². The molecule has 1 N–H and O–H groups in total. The molecule has 0 atom stereocenters. The van der Waals surface area contributed by atoms with Crippen LogP contribution in [0.15, 0.2) is 65.5 Å². The third-order valence-corrected chi connectivity index (χ3v) is 3.98. The molecule has 0 fully saturated rings. The Morgan fingerprint density at radius 3 is 2.58 bits per heavy atom. The molecule has 0 radical (unpaired) electrons. The zero-order valence-corrected chi connectivity index (χ0v) is 14.6. The number of carbonyl (C=O) groups excluding carboxylic acids is 1. The van der Waals surface area contributed by atoms with Crippen LogP contribution >= 0.6 is 0 Å². The lowest BCUT2D eigenvalue weighted by atomic mass is 10.1. The predicted octanol–water partition coefficient (Wildman–Crippen LogP) is 2.64. The van der Waals surface area contributed by atoms with Gasteiger partial charge < -0.3 is 10.1 Å². The zero-order valence-electron chi connectivity index (χ0n) is 14.6. The van der Waals surface area contributed by atoms with E-state index in [2.05, 4.69) is 10.4 Å². The van der Waals surface area contributed by atoms with Gasteiger partial charge in [-0.1, -0.05) is 36.4 Å². The van der Waals surface area contributed by atoms with E-state index in [-0.39, 0.29) is 17.9 Å². The largest absolute Gasteiger partial charge is 0.496 e. The van der Waals surface area contributed by atoms with Gasteiger partial charge in [0.25, 0.3) is 5.56 Å². The second-order valence-electron chi connectivity index (χ2n) is 5.76. The van der Waals surface area contributed by atoms with Crippen LogP contribution < -0.4 is 15.6 Å². The Morgan fingerprint density at radius 1 is 1.08 bits per heavy atom. The summed E-state index contributed by atoms with van der Waals surface area (Å²) >= 11 is 0. The number of para-hydroxylation sites is 2. The molecule has 0 bridgehead atoms. The number of benzene rings is 2. The van der Waals surface area contributed by atoms with Crippen LogP contribution in [0.2, 0.25) is 0 Å². The summed E-state index contributed by atoms with van der Waals surface area (Å²) in [6.45, 7) is 0. The van der Waals surface area contributed by atoms with Crippen molar-refractivity contribution >= 4 is 11.6 Å². The average Bonchev–Trinajstić information content (AvgIpc) is 2.65. The van der Waals surface area contributed by atoms with E-state index < -0.39 is 0 Å². The Kier molecular flexibility index (Phi) is 5.12. The minimum absolute atomic E-state index is 0.160. The van der Waals surface area contributed by atoms with Gasteiger partial charge in [-0.05, 0) is 18.2 Å². The minimum atomic E-state index is -0.188. The Bertz CT molecular complexity index is 995. The molecule has 1 amide bonds. The van der Waals surface area contributed by atoms with Crippen molar-refractivity contribution in [1.82, 2.24) is 9.78 Å². The molecule has 6 nitrogen and oxygen atoms in total. The summed E-state index contributed by atoms with van der Waals surface area (Å²) in [6.07, 6.45) is 0.194. The number of nitrogens with zero attached hydrogens (tertiary/aromatic N) is 2. The predicted molar refractivity (Wildman–Crippen MR) is 100 cm³/mol. The van der Waals surface area contributed by atoms with Gasteiger partial charge in [-0.25, -0.2) is 4.68 Å². The number of carbonyl (C=O) groups is 1. The van der Waals surface area contributed by atoms with Gasteiger partial charge in [-0.15, -0.1) is 0 Å². The molecule has 1 aromatic heterocycles. The molecule has 0 aliphatic heterocycles. The summed E-state index contributed by atoms with van der Waals surface area (Å²) < 4.78 is 6.56. The molecule has 26 heavy (non-hydrogen) atoms. The molecule has 0 unspecified atom stereocenters. The number of anilines is 1. The maximum atomic E-state index is 12.5. The molecule has 6 heteroatoms. The van der Waals surface area contributed by atoms with Crippen LogP contribution in [0.3, 0.4) is 0 Å². The number of rotatable bonds is 5. The lowest BCUT2D eigenvalue weighted by molar-refractivity contribution is -0.115. The van der Waals surface area contributed by atoms with E-state index in [1.807, 2.05) is 48.5 Å². The van der Waals surface area contributed by atoms with Crippen molar-refractivity contribution in [3.8, 4) is 17.0 Å². The number of methoxy groups -OCH3 is 1. The normalized spacial score (nSPS) is 10.4. The Hall–Kier alpha value is -3.41. The highest BCUT2D eigenvalue weighted by Crippen LogP contribution is 2.26. The fraction of sp³-hybridized carbons (Fsp3) is 0.150. The summed E-state index contributed by atoms with van der Waals surface area (Å²) in [6, 6.07) is 17.9. The molecular weight excluding hydrogens is 330 g/mol. The van der Waals surface area contributed by atoms with Gasteiger partial charge in [0, 0.05) is 24.2 Å². The molecule has 1 heterocycles. The van der Waals surface area contributed by atoms with Crippen LogP contribution in [0.25, 0.3) is 11.3 Å². The molecule has 2 aromatic carbocycles. The number of ether oxygens (including phenoxy) is 1. The number of hydrogen-bond acceptors (Lipinski definition) is 4. The van der Waals surface area contributed by atoms with Crippen molar-refractivity contribution < 1.29 is 9.53 Å². The van der Waals surface area contributed by atoms with Gasteiger partial charge in [0.2, 0.25) is 5.91 Å². The SMILES string of the molecule is COc1ccccc1CC(=O)Nc1ccccc1-c1ccc(=O)n(C)n1. The molecular formula is C20H19N3O3. The van der Waals surface area contributed by atoms with Gasteiger partial charge in [-0.3, -0.25) is 9.59 Å². The van der Waals surface area contributed by atoms with Gasteiger partial charge in [0.15, 0.2) is 0 Å². The maximum Gasteiger partial charge on any atom is 0.266 e. The van der Waals surface area contributed by atoms with Crippen molar-refractivity contribution in [2.24, 2.45) is 7.05 Å². The van der Waals surface area contributed by atoms with Crippen LogP contribution in [0.1, 0.15) is 5.56 Å². The molecule has 0 spiro atoms. The van der Waals surface area contributed by atoms with Crippen LogP contribution in [-0.2, 0) is 18.3 Å². The number of aromatic nitrogens is 2. The number of hydrogen-bond donors (Lipinski definition) is 1. The van der Waals surface area contributed by atoms with Crippen LogP contribution in [0.5, 0.6) is 5.75 Å². The molecule has 0 aliphatic carbocycles. The van der Waals surface area contributed by atoms with Crippen molar-refractivity contribution in [2.75, 3.05) is 12.4 Å².